The molecule has 0 saturated carbocycles. The molecule has 0 atom stereocenters. The summed E-state index contributed by atoms with van der Waals surface area (Å²) in [5.74, 6) is 0.287. The molecule has 0 radical (unpaired) electrons. The van der Waals surface area contributed by atoms with E-state index in [0.717, 1.165) is 12.8 Å². The van der Waals surface area contributed by atoms with Crippen LogP contribution < -0.4 is 20.7 Å². The van der Waals surface area contributed by atoms with Gasteiger partial charge in [0.15, 0.2) is 6.61 Å². The number of phenols is 1. The van der Waals surface area contributed by atoms with Crippen LogP contribution in [-0.4, -0.2) is 36.9 Å². The van der Waals surface area contributed by atoms with Gasteiger partial charge in [0.2, 0.25) is 0 Å². The largest absolute Gasteiger partial charge is 0.508 e. The van der Waals surface area contributed by atoms with Crippen molar-refractivity contribution in [1.82, 2.24) is 16.0 Å². The number of nitrogens with one attached hydrogen (secondary N) is 3. The molecule has 0 fully saturated rings. The second kappa shape index (κ2) is 22.1. The molecule has 200 valence electrons. The number of urea groups is 1. The van der Waals surface area contributed by atoms with Gasteiger partial charge in [-0.25, -0.2) is 4.79 Å². The number of benzene rings is 1. The molecule has 3 amide bonds. The van der Waals surface area contributed by atoms with Crippen LogP contribution in [0.25, 0.3) is 0 Å². The minimum Gasteiger partial charge on any atom is -0.508 e. The smallest absolute Gasteiger partial charge is 0.316 e. The summed E-state index contributed by atoms with van der Waals surface area (Å²) < 4.78 is 5.30. The van der Waals surface area contributed by atoms with E-state index in [1.54, 1.807) is 12.1 Å². The van der Waals surface area contributed by atoms with Crippen LogP contribution in [0.2, 0.25) is 0 Å². The SMILES string of the molecule is CCCCCCCCCCCCCCCCCCNC(=O)NCNC(=O)COc1ccc(O)cc1. The highest BCUT2D eigenvalue weighted by atomic mass is 16.5. The lowest BCUT2D eigenvalue weighted by atomic mass is 10.0. The number of carbonyl (C=O) groups excluding carboxylic acids is 2. The summed E-state index contributed by atoms with van der Waals surface area (Å²) >= 11 is 0. The molecule has 35 heavy (non-hydrogen) atoms. The average Bonchev–Trinajstić information content (AvgIpc) is 2.85. The van der Waals surface area contributed by atoms with Crippen molar-refractivity contribution in [2.24, 2.45) is 0 Å². The zero-order valence-corrected chi connectivity index (χ0v) is 21.9. The third kappa shape index (κ3) is 19.5. The van der Waals surface area contributed by atoms with E-state index in [2.05, 4.69) is 22.9 Å². The van der Waals surface area contributed by atoms with Gasteiger partial charge in [-0.3, -0.25) is 4.79 Å². The number of unbranched alkanes of at least 4 members (excludes halogenated alkanes) is 15. The molecular formula is C28H49N3O4. The maximum absolute atomic E-state index is 11.8. The Balaban J connectivity index is 1.80. The monoisotopic (exact) mass is 491 g/mol. The van der Waals surface area contributed by atoms with Gasteiger partial charge in [0.1, 0.15) is 11.5 Å². The molecule has 1 rings (SSSR count). The molecule has 1 aromatic rings. The van der Waals surface area contributed by atoms with Crippen LogP contribution in [0.3, 0.4) is 0 Å². The summed E-state index contributed by atoms with van der Waals surface area (Å²) in [6.45, 7) is 2.80. The predicted molar refractivity (Wildman–Crippen MR) is 143 cm³/mol. The van der Waals surface area contributed by atoms with Gasteiger partial charge >= 0.3 is 6.03 Å². The molecule has 0 aromatic heterocycles. The van der Waals surface area contributed by atoms with E-state index in [4.69, 9.17) is 4.74 Å². The maximum Gasteiger partial charge on any atom is 0.316 e. The summed E-state index contributed by atoms with van der Waals surface area (Å²) in [6.07, 6.45) is 21.3. The van der Waals surface area contributed by atoms with Crippen molar-refractivity contribution in [3.05, 3.63) is 24.3 Å². The Morgan fingerprint density at radius 2 is 1.17 bits per heavy atom. The number of carbonyl (C=O) groups is 2. The number of phenolic OH excluding ortho intramolecular Hbond substituents is 1. The minimum absolute atomic E-state index is 0.0442. The van der Waals surface area contributed by atoms with E-state index in [1.807, 2.05) is 0 Å². The maximum atomic E-state index is 11.8. The zero-order valence-electron chi connectivity index (χ0n) is 21.9. The topological polar surface area (TPSA) is 99.7 Å². The van der Waals surface area contributed by atoms with E-state index in [0.29, 0.717) is 12.3 Å². The molecule has 7 nitrogen and oxygen atoms in total. The lowest BCUT2D eigenvalue weighted by molar-refractivity contribution is -0.123. The van der Waals surface area contributed by atoms with Crippen LogP contribution in [0.1, 0.15) is 110 Å². The van der Waals surface area contributed by atoms with E-state index in [9.17, 15) is 14.7 Å². The van der Waals surface area contributed by atoms with Crippen LogP contribution in [-0.2, 0) is 4.79 Å². The fourth-order valence-electron chi connectivity index (χ4n) is 3.90. The van der Waals surface area contributed by atoms with Gasteiger partial charge in [-0.05, 0) is 30.7 Å². The van der Waals surface area contributed by atoms with Crippen molar-refractivity contribution in [3.63, 3.8) is 0 Å². The van der Waals surface area contributed by atoms with Crippen molar-refractivity contribution in [3.8, 4) is 11.5 Å². The molecule has 0 aliphatic carbocycles. The van der Waals surface area contributed by atoms with E-state index >= 15 is 0 Å². The highest BCUT2D eigenvalue weighted by Crippen LogP contribution is 2.16. The van der Waals surface area contributed by atoms with Crippen LogP contribution in [0.4, 0.5) is 4.79 Å². The first-order chi connectivity index (χ1) is 17.1. The van der Waals surface area contributed by atoms with Gasteiger partial charge in [0.05, 0.1) is 6.67 Å². The number of amides is 3. The minimum atomic E-state index is -0.337. The number of hydrogen-bond donors (Lipinski definition) is 4. The molecule has 0 unspecified atom stereocenters. The van der Waals surface area contributed by atoms with Gasteiger partial charge < -0.3 is 25.8 Å². The Kier molecular flexibility index (Phi) is 19.3. The quantitative estimate of drug-likeness (QED) is 0.111. The standard InChI is InChI=1S/C28H49N3O4/c1-2-3-4-5-6-7-8-9-10-11-12-13-14-15-16-17-22-29-28(34)31-24-30-27(33)23-35-26-20-18-25(32)19-21-26/h18-21,32H,2-17,22-24H2,1H3,(H,30,33)(H2,29,31,34). The molecule has 4 N–H and O–H groups in total. The van der Waals surface area contributed by atoms with E-state index < -0.39 is 0 Å². The van der Waals surface area contributed by atoms with Crippen molar-refractivity contribution in [1.29, 1.82) is 0 Å². The first kappa shape index (κ1) is 30.6. The predicted octanol–water partition coefficient (Wildman–Crippen LogP) is 6.41. The number of hydrogen-bond acceptors (Lipinski definition) is 4. The third-order valence-electron chi connectivity index (χ3n) is 6.06. The number of rotatable bonds is 22. The molecule has 0 aliphatic heterocycles. The Morgan fingerprint density at radius 1 is 0.686 bits per heavy atom. The summed E-state index contributed by atoms with van der Waals surface area (Å²) in [7, 11) is 0. The summed E-state index contributed by atoms with van der Waals surface area (Å²) in [5.41, 5.74) is 0. The first-order valence-corrected chi connectivity index (χ1v) is 13.8. The molecule has 0 bridgehead atoms. The second-order valence-electron chi connectivity index (χ2n) is 9.30. The summed E-state index contributed by atoms with van der Waals surface area (Å²) in [6, 6.07) is 5.84. The molecule has 7 heteroatoms. The molecule has 0 saturated heterocycles. The summed E-state index contributed by atoms with van der Waals surface area (Å²) in [4.78, 5) is 23.5. The van der Waals surface area contributed by atoms with Crippen molar-refractivity contribution >= 4 is 11.9 Å². The number of ether oxygens (including phenoxy) is 1. The van der Waals surface area contributed by atoms with Gasteiger partial charge in [0.25, 0.3) is 5.91 Å². The van der Waals surface area contributed by atoms with Crippen molar-refractivity contribution < 1.29 is 19.4 Å². The Labute approximate surface area is 212 Å². The Bertz CT molecular complexity index is 652. The lowest BCUT2D eigenvalue weighted by Gasteiger charge is -2.10. The zero-order chi connectivity index (χ0) is 25.4. The van der Waals surface area contributed by atoms with Crippen LogP contribution in [0.5, 0.6) is 11.5 Å². The van der Waals surface area contributed by atoms with Gasteiger partial charge in [0, 0.05) is 6.54 Å². The first-order valence-electron chi connectivity index (χ1n) is 13.8. The van der Waals surface area contributed by atoms with Crippen LogP contribution >= 0.6 is 0 Å². The molecule has 0 spiro atoms. The molecular weight excluding hydrogens is 442 g/mol. The highest BCUT2D eigenvalue weighted by molar-refractivity contribution is 5.78. The number of aromatic hydroxyl groups is 1. The van der Waals surface area contributed by atoms with Gasteiger partial charge in [-0.2, -0.15) is 0 Å². The van der Waals surface area contributed by atoms with E-state index in [1.165, 1.54) is 102 Å². The van der Waals surface area contributed by atoms with Crippen LogP contribution in [0, 0.1) is 0 Å². The molecule has 0 heterocycles. The Morgan fingerprint density at radius 3 is 1.69 bits per heavy atom. The van der Waals surface area contributed by atoms with E-state index in [-0.39, 0.29) is 31.0 Å². The highest BCUT2D eigenvalue weighted by Gasteiger charge is 2.04. The Hall–Kier alpha value is -2.44. The van der Waals surface area contributed by atoms with Crippen molar-refractivity contribution in [2.45, 2.75) is 110 Å². The normalized spacial score (nSPS) is 10.7. The van der Waals surface area contributed by atoms with Crippen molar-refractivity contribution in [2.75, 3.05) is 19.8 Å². The molecule has 1 aromatic carbocycles. The summed E-state index contributed by atoms with van der Waals surface area (Å²) in [5, 5.41) is 17.2. The van der Waals surface area contributed by atoms with Gasteiger partial charge in [-0.1, -0.05) is 103 Å². The van der Waals surface area contributed by atoms with Crippen LogP contribution in [0.15, 0.2) is 24.3 Å². The van der Waals surface area contributed by atoms with Gasteiger partial charge in [-0.15, -0.1) is 0 Å². The lowest BCUT2D eigenvalue weighted by Crippen LogP contribution is -2.43. The third-order valence-corrected chi connectivity index (χ3v) is 6.06. The fraction of sp³-hybridized carbons (Fsp3) is 0.714. The second-order valence-corrected chi connectivity index (χ2v) is 9.30. The molecule has 0 aliphatic rings. The fourth-order valence-corrected chi connectivity index (χ4v) is 3.90. The average molecular weight is 492 g/mol.